The van der Waals surface area contributed by atoms with E-state index in [2.05, 4.69) is 12.2 Å². The van der Waals surface area contributed by atoms with Crippen molar-refractivity contribution in [3.8, 4) is 11.5 Å². The van der Waals surface area contributed by atoms with Crippen LogP contribution in [-0.4, -0.2) is 17.8 Å². The standard InChI is InChI=1S/C15H20N2O4/c1-2-10-3-5-11(6-4-10)16-12-7-14-15(21-9-20-14)8-13(12)17(18)19/h7-8,10-11,16H,2-6,9H2,1H3. The first-order valence-electron chi connectivity index (χ1n) is 7.52. The van der Waals surface area contributed by atoms with Gasteiger partial charge in [0.1, 0.15) is 5.69 Å². The van der Waals surface area contributed by atoms with Gasteiger partial charge in [-0.2, -0.15) is 0 Å². The molecule has 0 spiro atoms. The minimum Gasteiger partial charge on any atom is -0.454 e. The average Bonchev–Trinajstić information content (AvgIpc) is 2.94. The summed E-state index contributed by atoms with van der Waals surface area (Å²) in [7, 11) is 0. The molecule has 1 aliphatic carbocycles. The minimum atomic E-state index is -0.373. The van der Waals surface area contributed by atoms with Crippen LogP contribution in [0.2, 0.25) is 0 Å². The number of nitrogens with one attached hydrogen (secondary N) is 1. The third-order valence-corrected chi connectivity index (χ3v) is 4.47. The molecule has 1 N–H and O–H groups in total. The normalized spacial score (nSPS) is 23.9. The summed E-state index contributed by atoms with van der Waals surface area (Å²) in [5.41, 5.74) is 0.584. The average molecular weight is 292 g/mol. The topological polar surface area (TPSA) is 73.6 Å². The number of rotatable bonds is 4. The Labute approximate surface area is 123 Å². The molecule has 6 nitrogen and oxygen atoms in total. The van der Waals surface area contributed by atoms with Crippen molar-refractivity contribution in [1.82, 2.24) is 0 Å². The van der Waals surface area contributed by atoms with Gasteiger partial charge in [0.15, 0.2) is 11.5 Å². The summed E-state index contributed by atoms with van der Waals surface area (Å²) in [5, 5.41) is 14.6. The van der Waals surface area contributed by atoms with Crippen molar-refractivity contribution in [2.45, 2.75) is 45.1 Å². The van der Waals surface area contributed by atoms with Crippen LogP contribution in [0.1, 0.15) is 39.0 Å². The first-order valence-corrected chi connectivity index (χ1v) is 7.52. The Bertz CT molecular complexity index is 539. The van der Waals surface area contributed by atoms with Crippen molar-refractivity contribution in [2.75, 3.05) is 12.1 Å². The van der Waals surface area contributed by atoms with E-state index in [1.165, 1.54) is 25.3 Å². The van der Waals surface area contributed by atoms with Crippen molar-refractivity contribution in [3.63, 3.8) is 0 Å². The first-order chi connectivity index (χ1) is 10.2. The summed E-state index contributed by atoms with van der Waals surface area (Å²) in [6, 6.07) is 3.43. The highest BCUT2D eigenvalue weighted by Gasteiger charge is 2.26. The molecular formula is C15H20N2O4. The highest BCUT2D eigenvalue weighted by atomic mass is 16.7. The summed E-state index contributed by atoms with van der Waals surface area (Å²) in [6.45, 7) is 2.35. The number of ether oxygens (including phenoxy) is 2. The van der Waals surface area contributed by atoms with Gasteiger partial charge in [0.05, 0.1) is 11.0 Å². The first kappa shape index (κ1) is 14.0. The lowest BCUT2D eigenvalue weighted by Crippen LogP contribution is -2.26. The number of nitrogens with zero attached hydrogens (tertiary/aromatic N) is 1. The van der Waals surface area contributed by atoms with Crippen molar-refractivity contribution < 1.29 is 14.4 Å². The van der Waals surface area contributed by atoms with Crippen LogP contribution in [0.5, 0.6) is 11.5 Å². The zero-order valence-electron chi connectivity index (χ0n) is 12.1. The smallest absolute Gasteiger partial charge is 0.296 e. The molecule has 0 saturated heterocycles. The fourth-order valence-corrected chi connectivity index (χ4v) is 3.13. The largest absolute Gasteiger partial charge is 0.454 e. The molecule has 114 valence electrons. The van der Waals surface area contributed by atoms with Crippen LogP contribution >= 0.6 is 0 Å². The highest BCUT2D eigenvalue weighted by Crippen LogP contribution is 2.41. The Balaban J connectivity index is 1.77. The molecule has 1 saturated carbocycles. The number of hydrogen-bond donors (Lipinski definition) is 1. The number of benzene rings is 1. The van der Waals surface area contributed by atoms with Crippen LogP contribution in [0.3, 0.4) is 0 Å². The van der Waals surface area contributed by atoms with E-state index in [9.17, 15) is 10.1 Å². The van der Waals surface area contributed by atoms with Crippen LogP contribution in [-0.2, 0) is 0 Å². The highest BCUT2D eigenvalue weighted by molar-refractivity contribution is 5.69. The van der Waals surface area contributed by atoms with Crippen LogP contribution in [0.4, 0.5) is 11.4 Å². The summed E-state index contributed by atoms with van der Waals surface area (Å²) in [5.74, 6) is 1.82. The van der Waals surface area contributed by atoms with Crippen molar-refractivity contribution in [1.29, 1.82) is 0 Å². The molecule has 21 heavy (non-hydrogen) atoms. The third-order valence-electron chi connectivity index (χ3n) is 4.47. The molecule has 2 aliphatic rings. The van der Waals surface area contributed by atoms with Crippen LogP contribution in [0.15, 0.2) is 12.1 Å². The number of nitro benzene ring substituents is 1. The Morgan fingerprint density at radius 1 is 1.24 bits per heavy atom. The van der Waals surface area contributed by atoms with Crippen LogP contribution < -0.4 is 14.8 Å². The molecule has 0 atom stereocenters. The lowest BCUT2D eigenvalue weighted by Gasteiger charge is -2.29. The molecule has 1 heterocycles. The zero-order chi connectivity index (χ0) is 14.8. The van der Waals surface area contributed by atoms with Gasteiger partial charge >= 0.3 is 0 Å². The summed E-state index contributed by atoms with van der Waals surface area (Å²) < 4.78 is 10.5. The lowest BCUT2D eigenvalue weighted by atomic mass is 9.84. The van der Waals surface area contributed by atoms with E-state index >= 15 is 0 Å². The molecule has 1 aliphatic heterocycles. The molecule has 1 aromatic rings. The van der Waals surface area contributed by atoms with Gasteiger partial charge in [-0.15, -0.1) is 0 Å². The Hall–Kier alpha value is -1.98. The van der Waals surface area contributed by atoms with Crippen molar-refractivity contribution in [3.05, 3.63) is 22.2 Å². The fourth-order valence-electron chi connectivity index (χ4n) is 3.13. The summed E-state index contributed by atoms with van der Waals surface area (Å²) in [4.78, 5) is 10.9. The van der Waals surface area contributed by atoms with Gasteiger partial charge < -0.3 is 14.8 Å². The Morgan fingerprint density at radius 3 is 2.52 bits per heavy atom. The Kier molecular flexibility index (Phi) is 3.86. The maximum atomic E-state index is 11.2. The number of anilines is 1. The van der Waals surface area contributed by atoms with Gasteiger partial charge in [0, 0.05) is 12.1 Å². The fraction of sp³-hybridized carbons (Fsp3) is 0.600. The second-order valence-corrected chi connectivity index (χ2v) is 5.75. The predicted molar refractivity (Wildman–Crippen MR) is 78.9 cm³/mol. The van der Waals surface area contributed by atoms with Gasteiger partial charge in [0.2, 0.25) is 6.79 Å². The van der Waals surface area contributed by atoms with E-state index in [4.69, 9.17) is 9.47 Å². The third kappa shape index (κ3) is 2.89. The van der Waals surface area contributed by atoms with Crippen LogP contribution in [0, 0.1) is 16.0 Å². The quantitative estimate of drug-likeness (QED) is 0.676. The van der Waals surface area contributed by atoms with E-state index in [1.54, 1.807) is 6.07 Å². The number of hydrogen-bond acceptors (Lipinski definition) is 5. The van der Waals surface area contributed by atoms with Crippen molar-refractivity contribution in [2.24, 2.45) is 5.92 Å². The van der Waals surface area contributed by atoms with Gasteiger partial charge in [0.25, 0.3) is 5.69 Å². The van der Waals surface area contributed by atoms with E-state index in [1.807, 2.05) is 0 Å². The molecule has 3 rings (SSSR count). The maximum absolute atomic E-state index is 11.2. The molecule has 0 unspecified atom stereocenters. The van der Waals surface area contributed by atoms with Gasteiger partial charge in [-0.05, 0) is 31.6 Å². The van der Waals surface area contributed by atoms with Gasteiger partial charge in [-0.3, -0.25) is 10.1 Å². The van der Waals surface area contributed by atoms with E-state index < -0.39 is 0 Å². The number of fused-ring (bicyclic) bond motifs is 1. The molecule has 6 heteroatoms. The Morgan fingerprint density at radius 2 is 1.90 bits per heavy atom. The minimum absolute atomic E-state index is 0.0527. The molecule has 0 bridgehead atoms. The molecule has 0 amide bonds. The lowest BCUT2D eigenvalue weighted by molar-refractivity contribution is -0.384. The SMILES string of the molecule is CCC1CCC(Nc2cc3c(cc2[N+](=O)[O-])OCO3)CC1. The summed E-state index contributed by atoms with van der Waals surface area (Å²) >= 11 is 0. The molecule has 0 aromatic heterocycles. The zero-order valence-corrected chi connectivity index (χ0v) is 12.1. The van der Waals surface area contributed by atoms with Gasteiger partial charge in [-0.25, -0.2) is 0 Å². The molecule has 1 fully saturated rings. The molecular weight excluding hydrogens is 272 g/mol. The number of nitro groups is 1. The van der Waals surface area contributed by atoms with Crippen molar-refractivity contribution >= 4 is 11.4 Å². The van der Waals surface area contributed by atoms with Crippen LogP contribution in [0.25, 0.3) is 0 Å². The molecule has 1 aromatic carbocycles. The van der Waals surface area contributed by atoms with E-state index in [0.29, 0.717) is 23.2 Å². The van der Waals surface area contributed by atoms with Gasteiger partial charge in [-0.1, -0.05) is 13.3 Å². The maximum Gasteiger partial charge on any atom is 0.296 e. The van der Waals surface area contributed by atoms with E-state index in [0.717, 1.165) is 18.8 Å². The monoisotopic (exact) mass is 292 g/mol. The second kappa shape index (κ2) is 5.79. The van der Waals surface area contributed by atoms with E-state index in [-0.39, 0.29) is 17.4 Å². The predicted octanol–water partition coefficient (Wildman–Crippen LogP) is 3.70. The second-order valence-electron chi connectivity index (χ2n) is 5.75. The molecule has 0 radical (unpaired) electrons. The summed E-state index contributed by atoms with van der Waals surface area (Å²) in [6.07, 6.45) is 5.71.